The first-order valence-electron chi connectivity index (χ1n) is 5.10. The topological polar surface area (TPSA) is 41.6 Å². The maximum absolute atomic E-state index is 13.3. The molecule has 1 rings (SSSR count). The maximum Gasteiger partial charge on any atom is 0.408 e. The predicted octanol–water partition coefficient (Wildman–Crippen LogP) is 1.16. The first-order valence-corrected chi connectivity index (χ1v) is 5.10. The molecule has 0 bridgehead atoms. The zero-order valence-corrected chi connectivity index (χ0v) is 9.71. The molecule has 0 radical (unpaired) electrons. The minimum absolute atomic E-state index is 0.362. The minimum Gasteiger partial charge on any atom is -0.444 e. The van der Waals surface area contributed by atoms with Gasteiger partial charge in [-0.1, -0.05) is 0 Å². The van der Waals surface area contributed by atoms with Crippen molar-refractivity contribution in [3.63, 3.8) is 0 Å². The third-order valence-electron chi connectivity index (χ3n) is 2.13. The van der Waals surface area contributed by atoms with E-state index in [2.05, 4.69) is 5.32 Å². The quantitative estimate of drug-likeness (QED) is 0.718. The highest BCUT2D eigenvalue weighted by Crippen LogP contribution is 2.13. The van der Waals surface area contributed by atoms with Crippen LogP contribution in [-0.4, -0.2) is 48.9 Å². The summed E-state index contributed by atoms with van der Waals surface area (Å²) < 4.78 is 18.4. The van der Waals surface area contributed by atoms with Crippen molar-refractivity contribution in [2.45, 2.75) is 38.6 Å². The standard InChI is InChI=1S/C10H19FN2O2/c1-10(2,3)15-9(14)12-8-6-13(4)5-7(8)11/h7-8H,5-6H2,1-4H3,(H,12,14)/t7-,8+/m0/s1. The number of nitrogens with zero attached hydrogens (tertiary/aromatic N) is 1. The van der Waals surface area contributed by atoms with Gasteiger partial charge in [0.1, 0.15) is 11.8 Å². The largest absolute Gasteiger partial charge is 0.444 e. The number of alkyl carbamates (subject to hydrolysis) is 1. The van der Waals surface area contributed by atoms with E-state index in [9.17, 15) is 9.18 Å². The number of rotatable bonds is 1. The lowest BCUT2D eigenvalue weighted by atomic mass is 10.2. The fraction of sp³-hybridized carbons (Fsp3) is 0.900. The molecule has 0 saturated carbocycles. The summed E-state index contributed by atoms with van der Waals surface area (Å²) in [5.41, 5.74) is -0.541. The molecule has 1 fully saturated rings. The van der Waals surface area contributed by atoms with Crippen molar-refractivity contribution in [1.82, 2.24) is 10.2 Å². The number of nitrogens with one attached hydrogen (secondary N) is 1. The van der Waals surface area contributed by atoms with Crippen molar-refractivity contribution < 1.29 is 13.9 Å². The third kappa shape index (κ3) is 4.03. The molecule has 0 spiro atoms. The number of likely N-dealkylation sites (N-methyl/N-ethyl adjacent to an activating group) is 1. The molecule has 1 N–H and O–H groups in total. The van der Waals surface area contributed by atoms with E-state index < -0.39 is 23.9 Å². The van der Waals surface area contributed by atoms with Crippen molar-refractivity contribution in [2.24, 2.45) is 0 Å². The number of amides is 1. The minimum atomic E-state index is -1.01. The number of ether oxygens (including phenoxy) is 1. The van der Waals surface area contributed by atoms with Gasteiger partial charge < -0.3 is 15.0 Å². The molecule has 88 valence electrons. The van der Waals surface area contributed by atoms with Crippen LogP contribution in [0.15, 0.2) is 0 Å². The fourth-order valence-electron chi connectivity index (χ4n) is 1.54. The van der Waals surface area contributed by atoms with Gasteiger partial charge in [-0.25, -0.2) is 9.18 Å². The van der Waals surface area contributed by atoms with E-state index in [1.165, 1.54) is 0 Å². The molecule has 2 atom stereocenters. The van der Waals surface area contributed by atoms with Crippen molar-refractivity contribution >= 4 is 6.09 Å². The van der Waals surface area contributed by atoms with Gasteiger partial charge in [0.05, 0.1) is 6.04 Å². The second-order valence-electron chi connectivity index (χ2n) is 4.99. The van der Waals surface area contributed by atoms with Gasteiger partial charge in [-0.2, -0.15) is 0 Å². The Labute approximate surface area is 89.8 Å². The maximum atomic E-state index is 13.3. The molecular weight excluding hydrogens is 199 g/mol. The average molecular weight is 218 g/mol. The average Bonchev–Trinajstić information content (AvgIpc) is 2.25. The smallest absolute Gasteiger partial charge is 0.408 e. The number of hydrogen-bond acceptors (Lipinski definition) is 3. The first kappa shape index (κ1) is 12.2. The number of alkyl halides is 1. The molecule has 0 aromatic heterocycles. The van der Waals surface area contributed by atoms with Gasteiger partial charge >= 0.3 is 6.09 Å². The van der Waals surface area contributed by atoms with Crippen molar-refractivity contribution in [2.75, 3.05) is 20.1 Å². The van der Waals surface area contributed by atoms with Crippen LogP contribution in [0.25, 0.3) is 0 Å². The van der Waals surface area contributed by atoms with Crippen LogP contribution in [-0.2, 0) is 4.74 Å². The highest BCUT2D eigenvalue weighted by molar-refractivity contribution is 5.68. The Morgan fingerprint density at radius 1 is 1.47 bits per heavy atom. The number of hydrogen-bond donors (Lipinski definition) is 1. The Bertz CT molecular complexity index is 240. The first-order chi connectivity index (χ1) is 6.78. The van der Waals surface area contributed by atoms with Crippen molar-refractivity contribution in [3.8, 4) is 0 Å². The van der Waals surface area contributed by atoms with Gasteiger partial charge in [0, 0.05) is 13.1 Å². The molecule has 1 amide bonds. The van der Waals surface area contributed by atoms with Crippen LogP contribution < -0.4 is 5.32 Å². The molecule has 4 nitrogen and oxygen atoms in total. The van der Waals surface area contributed by atoms with E-state index >= 15 is 0 Å². The lowest BCUT2D eigenvalue weighted by Gasteiger charge is -2.22. The molecule has 0 aliphatic carbocycles. The van der Waals surface area contributed by atoms with E-state index in [0.717, 1.165) is 0 Å². The van der Waals surface area contributed by atoms with E-state index in [0.29, 0.717) is 13.1 Å². The van der Waals surface area contributed by atoms with Gasteiger partial charge in [-0.05, 0) is 27.8 Å². The highest BCUT2D eigenvalue weighted by atomic mass is 19.1. The van der Waals surface area contributed by atoms with Crippen LogP contribution in [0.1, 0.15) is 20.8 Å². The summed E-state index contributed by atoms with van der Waals surface area (Å²) in [6.45, 7) is 6.22. The number of carbonyl (C=O) groups excluding carboxylic acids is 1. The lowest BCUT2D eigenvalue weighted by molar-refractivity contribution is 0.0489. The third-order valence-corrected chi connectivity index (χ3v) is 2.13. The molecule has 1 saturated heterocycles. The van der Waals surface area contributed by atoms with Gasteiger partial charge in [0.25, 0.3) is 0 Å². The van der Waals surface area contributed by atoms with Gasteiger partial charge in [0.2, 0.25) is 0 Å². The number of halogens is 1. The fourth-order valence-corrected chi connectivity index (χ4v) is 1.54. The zero-order chi connectivity index (χ0) is 11.6. The molecule has 15 heavy (non-hydrogen) atoms. The van der Waals surface area contributed by atoms with Crippen LogP contribution in [0.4, 0.5) is 9.18 Å². The summed E-state index contributed by atoms with van der Waals surface area (Å²) in [5.74, 6) is 0. The predicted molar refractivity (Wildman–Crippen MR) is 55.6 cm³/mol. The Balaban J connectivity index is 2.39. The summed E-state index contributed by atoms with van der Waals surface area (Å²) in [6, 6.07) is -0.454. The molecule has 1 heterocycles. The molecule has 1 aliphatic heterocycles. The molecule has 0 unspecified atom stereocenters. The van der Waals surface area contributed by atoms with E-state index in [1.807, 2.05) is 11.9 Å². The molecule has 5 heteroatoms. The van der Waals surface area contributed by atoms with Gasteiger partial charge in [-0.3, -0.25) is 0 Å². The molecule has 0 aromatic carbocycles. The van der Waals surface area contributed by atoms with Crippen LogP contribution in [0.5, 0.6) is 0 Å². The Hall–Kier alpha value is -0.840. The summed E-state index contributed by atoms with van der Waals surface area (Å²) in [5, 5.41) is 2.54. The van der Waals surface area contributed by atoms with Crippen LogP contribution in [0.2, 0.25) is 0 Å². The number of likely N-dealkylation sites (tertiary alicyclic amines) is 1. The molecular formula is C10H19FN2O2. The van der Waals surface area contributed by atoms with Gasteiger partial charge in [-0.15, -0.1) is 0 Å². The monoisotopic (exact) mass is 218 g/mol. The Morgan fingerprint density at radius 2 is 2.07 bits per heavy atom. The van der Waals surface area contributed by atoms with Crippen molar-refractivity contribution in [1.29, 1.82) is 0 Å². The Morgan fingerprint density at radius 3 is 2.47 bits per heavy atom. The Kier molecular flexibility index (Phi) is 3.54. The van der Waals surface area contributed by atoms with Crippen LogP contribution in [0, 0.1) is 0 Å². The lowest BCUT2D eigenvalue weighted by Crippen LogP contribution is -2.43. The van der Waals surface area contributed by atoms with Crippen LogP contribution in [0.3, 0.4) is 0 Å². The summed E-state index contributed by atoms with van der Waals surface area (Å²) in [6.07, 6.45) is -1.56. The zero-order valence-electron chi connectivity index (χ0n) is 9.71. The second kappa shape index (κ2) is 4.35. The summed E-state index contributed by atoms with van der Waals surface area (Å²) >= 11 is 0. The van der Waals surface area contributed by atoms with Crippen LogP contribution >= 0.6 is 0 Å². The molecule has 1 aliphatic rings. The van der Waals surface area contributed by atoms with Crippen molar-refractivity contribution in [3.05, 3.63) is 0 Å². The number of carbonyl (C=O) groups is 1. The normalized spacial score (nSPS) is 27.8. The van der Waals surface area contributed by atoms with E-state index in [4.69, 9.17) is 4.74 Å². The second-order valence-corrected chi connectivity index (χ2v) is 4.99. The summed E-state index contributed by atoms with van der Waals surface area (Å²) in [4.78, 5) is 13.2. The SMILES string of the molecule is CN1C[C@H](F)[C@H](NC(=O)OC(C)(C)C)C1. The van der Waals surface area contributed by atoms with E-state index in [-0.39, 0.29) is 0 Å². The highest BCUT2D eigenvalue weighted by Gasteiger charge is 2.32. The van der Waals surface area contributed by atoms with Gasteiger partial charge in [0.15, 0.2) is 0 Å². The molecule has 0 aromatic rings. The summed E-state index contributed by atoms with van der Waals surface area (Å²) in [7, 11) is 1.82. The van der Waals surface area contributed by atoms with E-state index in [1.54, 1.807) is 20.8 Å².